The Bertz CT molecular complexity index is 413. The highest BCUT2D eigenvalue weighted by Crippen LogP contribution is 2.24. The summed E-state index contributed by atoms with van der Waals surface area (Å²) in [6, 6.07) is 4.43. The van der Waals surface area contributed by atoms with Crippen LogP contribution in [0, 0.1) is 5.82 Å². The van der Waals surface area contributed by atoms with E-state index < -0.39 is 17.4 Å². The normalized spacial score (nSPS) is 11.5. The molecular weight excluding hydrogens is 243 g/mol. The first-order valence-corrected chi connectivity index (χ1v) is 6.12. The highest BCUT2D eigenvalue weighted by molar-refractivity contribution is 7.99. The van der Waals surface area contributed by atoms with Crippen molar-refractivity contribution < 1.29 is 19.4 Å². The fourth-order valence-corrected chi connectivity index (χ4v) is 2.06. The van der Waals surface area contributed by atoms with Crippen molar-refractivity contribution in [3.05, 3.63) is 29.6 Å². The first-order valence-electron chi connectivity index (χ1n) is 5.13. The molecule has 17 heavy (non-hydrogen) atoms. The summed E-state index contributed by atoms with van der Waals surface area (Å²) in [6.07, 6.45) is -0.317. The zero-order valence-electron chi connectivity index (χ0n) is 9.74. The van der Waals surface area contributed by atoms with E-state index in [-0.39, 0.29) is 12.0 Å². The molecule has 0 aliphatic carbocycles. The fraction of sp³-hybridized carbons (Fsp3) is 0.417. The molecule has 3 nitrogen and oxygen atoms in total. The minimum Gasteiger partial charge on any atom is -0.481 e. The van der Waals surface area contributed by atoms with Gasteiger partial charge in [0.1, 0.15) is 5.82 Å². The SMILES string of the molecule is CC(C)(O)CSc1ccc(CC(=O)O)c(F)c1. The van der Waals surface area contributed by atoms with Crippen LogP contribution in [0.4, 0.5) is 4.39 Å². The molecule has 0 saturated carbocycles. The van der Waals surface area contributed by atoms with Crippen molar-refractivity contribution in [1.82, 2.24) is 0 Å². The molecule has 0 amide bonds. The van der Waals surface area contributed by atoms with Crippen molar-refractivity contribution in [2.75, 3.05) is 5.75 Å². The lowest BCUT2D eigenvalue weighted by atomic mass is 10.1. The largest absolute Gasteiger partial charge is 0.481 e. The molecule has 0 aliphatic heterocycles. The third-order valence-electron chi connectivity index (χ3n) is 1.96. The number of carboxylic acid groups (broad SMARTS) is 1. The molecule has 1 aromatic carbocycles. The van der Waals surface area contributed by atoms with E-state index in [1.165, 1.54) is 23.9 Å². The van der Waals surface area contributed by atoms with Crippen LogP contribution in [-0.4, -0.2) is 27.5 Å². The lowest BCUT2D eigenvalue weighted by molar-refractivity contribution is -0.136. The Kier molecular flexibility index (Phi) is 4.54. The van der Waals surface area contributed by atoms with Crippen molar-refractivity contribution in [2.45, 2.75) is 30.8 Å². The van der Waals surface area contributed by atoms with Crippen LogP contribution in [0.1, 0.15) is 19.4 Å². The van der Waals surface area contributed by atoms with Crippen LogP contribution in [0.25, 0.3) is 0 Å². The topological polar surface area (TPSA) is 57.5 Å². The van der Waals surface area contributed by atoms with E-state index in [0.717, 1.165) is 0 Å². The van der Waals surface area contributed by atoms with Gasteiger partial charge >= 0.3 is 5.97 Å². The van der Waals surface area contributed by atoms with Crippen LogP contribution >= 0.6 is 11.8 Å². The minimum atomic E-state index is -1.05. The monoisotopic (exact) mass is 258 g/mol. The maximum absolute atomic E-state index is 13.5. The maximum Gasteiger partial charge on any atom is 0.307 e. The summed E-state index contributed by atoms with van der Waals surface area (Å²) in [7, 11) is 0. The number of carboxylic acids is 1. The number of halogens is 1. The molecule has 0 unspecified atom stereocenters. The van der Waals surface area contributed by atoms with Gasteiger partial charge in [0.25, 0.3) is 0 Å². The van der Waals surface area contributed by atoms with Crippen molar-refractivity contribution >= 4 is 17.7 Å². The Morgan fingerprint density at radius 3 is 2.59 bits per heavy atom. The van der Waals surface area contributed by atoms with Gasteiger partial charge in [-0.3, -0.25) is 4.79 Å². The van der Waals surface area contributed by atoms with E-state index in [0.29, 0.717) is 10.6 Å². The molecule has 0 atom stereocenters. The quantitative estimate of drug-likeness (QED) is 0.796. The van der Waals surface area contributed by atoms with Crippen LogP contribution in [0.3, 0.4) is 0 Å². The van der Waals surface area contributed by atoms with Crippen molar-refractivity contribution in [3.63, 3.8) is 0 Å². The van der Waals surface area contributed by atoms with E-state index in [4.69, 9.17) is 5.11 Å². The molecule has 1 rings (SSSR count). The summed E-state index contributed by atoms with van der Waals surface area (Å²) >= 11 is 1.33. The number of hydrogen-bond acceptors (Lipinski definition) is 3. The smallest absolute Gasteiger partial charge is 0.307 e. The summed E-state index contributed by atoms with van der Waals surface area (Å²) in [5.41, 5.74) is -0.647. The van der Waals surface area contributed by atoms with E-state index in [2.05, 4.69) is 0 Å². The summed E-state index contributed by atoms with van der Waals surface area (Å²) < 4.78 is 13.5. The number of aliphatic hydroxyl groups is 1. The molecule has 0 radical (unpaired) electrons. The number of benzene rings is 1. The number of carbonyl (C=O) groups is 1. The van der Waals surface area contributed by atoms with Gasteiger partial charge in [0, 0.05) is 10.6 Å². The van der Waals surface area contributed by atoms with E-state index in [1.54, 1.807) is 19.9 Å². The molecule has 0 fully saturated rings. The van der Waals surface area contributed by atoms with Gasteiger partial charge < -0.3 is 10.2 Å². The zero-order chi connectivity index (χ0) is 13.1. The summed E-state index contributed by atoms with van der Waals surface area (Å²) in [5, 5.41) is 18.1. The number of thioether (sulfide) groups is 1. The molecular formula is C12H15FO3S. The second-order valence-electron chi connectivity index (χ2n) is 4.42. The van der Waals surface area contributed by atoms with Gasteiger partial charge in [0.15, 0.2) is 0 Å². The van der Waals surface area contributed by atoms with Gasteiger partial charge in [-0.2, -0.15) is 0 Å². The van der Waals surface area contributed by atoms with Crippen LogP contribution in [-0.2, 0) is 11.2 Å². The van der Waals surface area contributed by atoms with Gasteiger partial charge in [-0.1, -0.05) is 6.07 Å². The van der Waals surface area contributed by atoms with Crippen LogP contribution in [0.2, 0.25) is 0 Å². The van der Waals surface area contributed by atoms with Gasteiger partial charge in [-0.05, 0) is 31.5 Å². The highest BCUT2D eigenvalue weighted by Gasteiger charge is 2.14. The van der Waals surface area contributed by atoms with Crippen LogP contribution in [0.5, 0.6) is 0 Å². The molecule has 0 saturated heterocycles. The molecule has 94 valence electrons. The van der Waals surface area contributed by atoms with E-state index in [1.807, 2.05) is 0 Å². The Labute approximate surface area is 104 Å². The number of aliphatic carboxylic acids is 1. The molecule has 0 bridgehead atoms. The zero-order valence-corrected chi connectivity index (χ0v) is 10.6. The Morgan fingerprint density at radius 2 is 2.12 bits per heavy atom. The molecule has 1 aromatic rings. The second kappa shape index (κ2) is 5.51. The highest BCUT2D eigenvalue weighted by atomic mass is 32.2. The Balaban J connectivity index is 2.72. The molecule has 0 aliphatic rings. The van der Waals surface area contributed by atoms with Crippen molar-refractivity contribution in [3.8, 4) is 0 Å². The molecule has 2 N–H and O–H groups in total. The van der Waals surface area contributed by atoms with Crippen molar-refractivity contribution in [1.29, 1.82) is 0 Å². The third kappa shape index (κ3) is 5.19. The van der Waals surface area contributed by atoms with E-state index >= 15 is 0 Å². The first kappa shape index (κ1) is 14.0. The summed E-state index contributed by atoms with van der Waals surface area (Å²) in [6.45, 7) is 3.35. The molecule has 0 heterocycles. The van der Waals surface area contributed by atoms with Gasteiger partial charge in [-0.25, -0.2) is 4.39 Å². The summed E-state index contributed by atoms with van der Waals surface area (Å²) in [4.78, 5) is 11.1. The summed E-state index contributed by atoms with van der Waals surface area (Å²) in [5.74, 6) is -1.13. The Morgan fingerprint density at radius 1 is 1.47 bits per heavy atom. The fourth-order valence-electron chi connectivity index (χ4n) is 1.18. The number of hydrogen-bond donors (Lipinski definition) is 2. The molecule has 5 heteroatoms. The maximum atomic E-state index is 13.5. The molecule has 0 aromatic heterocycles. The lowest BCUT2D eigenvalue weighted by Gasteiger charge is -2.16. The Hall–Kier alpha value is -1.07. The van der Waals surface area contributed by atoms with E-state index in [9.17, 15) is 14.3 Å². The van der Waals surface area contributed by atoms with Crippen LogP contribution in [0.15, 0.2) is 23.1 Å². The van der Waals surface area contributed by atoms with Crippen molar-refractivity contribution in [2.24, 2.45) is 0 Å². The standard InChI is InChI=1S/C12H15FO3S/c1-12(2,16)7-17-9-4-3-8(5-11(14)15)10(13)6-9/h3-4,6,16H,5,7H2,1-2H3,(H,14,15). The second-order valence-corrected chi connectivity index (χ2v) is 5.47. The number of rotatable bonds is 5. The van der Waals surface area contributed by atoms with Gasteiger partial charge in [0.05, 0.1) is 12.0 Å². The predicted octanol–water partition coefficient (Wildman–Crippen LogP) is 2.32. The van der Waals surface area contributed by atoms with Gasteiger partial charge in [0.2, 0.25) is 0 Å². The average Bonchev–Trinajstić information content (AvgIpc) is 2.17. The minimum absolute atomic E-state index is 0.171. The molecule has 0 spiro atoms. The lowest BCUT2D eigenvalue weighted by Crippen LogP contribution is -2.21. The third-order valence-corrected chi connectivity index (χ3v) is 3.40. The van der Waals surface area contributed by atoms with Crippen LogP contribution < -0.4 is 0 Å². The van der Waals surface area contributed by atoms with Gasteiger partial charge in [-0.15, -0.1) is 11.8 Å². The predicted molar refractivity (Wildman–Crippen MR) is 64.8 cm³/mol. The average molecular weight is 258 g/mol. The first-order chi connectivity index (χ1) is 7.78.